The first kappa shape index (κ1) is 41.9. The quantitative estimate of drug-likeness (QED) is 0.105. The number of β-amino-alcohol motifs (C(OH)–C–C–N with tert-alkyl or cyclic N) is 1. The number of amides is 2. The molecule has 1 fully saturated rings. The van der Waals surface area contributed by atoms with E-state index < -0.39 is 54.7 Å². The second kappa shape index (κ2) is 18.8. The number of aromatic nitrogens is 1. The van der Waals surface area contributed by atoms with Crippen molar-refractivity contribution >= 4 is 23.4 Å². The Hall–Kier alpha value is -5.25. The smallest absolute Gasteiger partial charge is 0.405 e. The van der Waals surface area contributed by atoms with Crippen LogP contribution in [0.5, 0.6) is 5.75 Å². The number of benzene rings is 3. The molecule has 0 radical (unpaired) electrons. The zero-order chi connectivity index (χ0) is 41.5. The van der Waals surface area contributed by atoms with Gasteiger partial charge in [-0.25, -0.2) is 0 Å². The Balaban J connectivity index is 1.07. The Kier molecular flexibility index (Phi) is 13.3. The number of fused-ring (bicyclic) bond motifs is 1. The van der Waals surface area contributed by atoms with Crippen LogP contribution in [0.4, 0.5) is 13.2 Å². The fraction of sp³-hybridized carbons (Fsp3) is 0.341. The predicted octanol–water partition coefficient (Wildman–Crippen LogP) is 6.05. The van der Waals surface area contributed by atoms with Crippen LogP contribution >= 0.6 is 11.6 Å². The fourth-order valence-corrected chi connectivity index (χ4v) is 7.77. The molecule has 1 unspecified atom stereocenters. The second-order valence-electron chi connectivity index (χ2n) is 15.0. The largest absolute Gasteiger partial charge is 0.490 e. The standard InChI is InChI=1S/C44H45ClF3N5O6/c45-33-13-11-30(12-14-33)39-16-15-35(59-39)24-52-18-19-53(37(25-52)43(57)50-27-44(46,47)48)23-34(54)21-32(20-28-7-9-29(10-8-28)31-4-3-17-49-22-31)42(56)51-41-36-5-1-2-6-40(36)58-26-38(41)55/h1-17,22,32,34,37-38,41,54-55H,18-21,23-27H2,(H,50,57)(H,51,56)/t32-,34?,37+,38-,41+/m1/s1. The summed E-state index contributed by atoms with van der Waals surface area (Å²) in [5.41, 5.74) is 4.14. The van der Waals surface area contributed by atoms with Crippen molar-refractivity contribution in [1.82, 2.24) is 25.4 Å². The number of pyridine rings is 1. The number of alkyl halides is 3. The SMILES string of the molecule is O=C(N[C@H]1c2ccccc2OC[C@H]1O)[C@H](Cc1ccc(-c2cccnc2)cc1)CC(O)CN1CCN(Cc2ccc(-c3ccc(Cl)cc3)o2)C[C@H]1C(=O)NCC(F)(F)F. The van der Waals surface area contributed by atoms with Crippen LogP contribution in [0.1, 0.15) is 29.3 Å². The van der Waals surface area contributed by atoms with Gasteiger partial charge in [0, 0.05) is 60.6 Å². The summed E-state index contributed by atoms with van der Waals surface area (Å²) in [6.45, 7) is -0.531. The lowest BCUT2D eigenvalue weighted by Gasteiger charge is -2.41. The van der Waals surface area contributed by atoms with Crippen molar-refractivity contribution in [3.05, 3.63) is 131 Å². The highest BCUT2D eigenvalue weighted by Gasteiger charge is 2.38. The number of ether oxygens (including phenoxy) is 1. The number of furan rings is 1. The van der Waals surface area contributed by atoms with Crippen LogP contribution in [0.15, 0.2) is 114 Å². The topological polar surface area (TPSA) is 140 Å². The molecule has 0 aliphatic carbocycles. The number of hydrogen-bond donors (Lipinski definition) is 4. The number of carbonyl (C=O) groups excluding carboxylic acids is 2. The van der Waals surface area contributed by atoms with Crippen LogP contribution in [0.3, 0.4) is 0 Å². The Bertz CT molecular complexity index is 2170. The molecule has 5 aromatic rings. The van der Waals surface area contributed by atoms with Crippen molar-refractivity contribution in [2.45, 2.75) is 49.9 Å². The number of aliphatic hydroxyl groups excluding tert-OH is 2. The number of hydrogen-bond acceptors (Lipinski definition) is 9. The first-order chi connectivity index (χ1) is 28.4. The van der Waals surface area contributed by atoms with E-state index >= 15 is 0 Å². The molecule has 2 amide bonds. The molecule has 4 N–H and O–H groups in total. The molecule has 310 valence electrons. The molecule has 0 saturated carbocycles. The lowest BCUT2D eigenvalue weighted by atomic mass is 9.90. The van der Waals surface area contributed by atoms with Gasteiger partial charge in [0.1, 0.15) is 42.6 Å². The Labute approximate surface area is 344 Å². The summed E-state index contributed by atoms with van der Waals surface area (Å²) in [4.78, 5) is 35.4. The third-order valence-corrected chi connectivity index (χ3v) is 10.9. The molecular formula is C44H45ClF3N5O6. The van der Waals surface area contributed by atoms with Crippen molar-refractivity contribution in [3.63, 3.8) is 0 Å². The number of aliphatic hydroxyl groups is 2. The molecule has 5 atom stereocenters. The Morgan fingerprint density at radius 3 is 2.44 bits per heavy atom. The van der Waals surface area contributed by atoms with E-state index in [4.69, 9.17) is 20.8 Å². The van der Waals surface area contributed by atoms with Crippen molar-refractivity contribution in [2.24, 2.45) is 5.92 Å². The van der Waals surface area contributed by atoms with E-state index in [9.17, 15) is 33.0 Å². The minimum atomic E-state index is -4.62. The van der Waals surface area contributed by atoms with Gasteiger partial charge in [0.05, 0.1) is 18.7 Å². The summed E-state index contributed by atoms with van der Waals surface area (Å²) < 4.78 is 51.5. The van der Waals surface area contributed by atoms with E-state index in [2.05, 4.69) is 10.3 Å². The summed E-state index contributed by atoms with van der Waals surface area (Å²) in [6, 6.07) is 27.6. The maximum absolute atomic E-state index is 14.2. The van der Waals surface area contributed by atoms with Crippen molar-refractivity contribution < 1.29 is 42.1 Å². The number of rotatable bonds is 14. The number of piperazine rings is 1. The van der Waals surface area contributed by atoms with Gasteiger partial charge in [-0.15, -0.1) is 0 Å². The number of para-hydroxylation sites is 1. The van der Waals surface area contributed by atoms with Gasteiger partial charge in [-0.05, 0) is 78.1 Å². The summed E-state index contributed by atoms with van der Waals surface area (Å²) in [5, 5.41) is 28.2. The maximum Gasteiger partial charge on any atom is 0.405 e. The number of halogens is 4. The minimum Gasteiger partial charge on any atom is -0.490 e. The average molecular weight is 832 g/mol. The molecule has 3 aromatic carbocycles. The summed E-state index contributed by atoms with van der Waals surface area (Å²) in [6.07, 6.45) is -3.13. The van der Waals surface area contributed by atoms with Gasteiger partial charge < -0.3 is 30.0 Å². The molecule has 2 aliphatic rings. The molecule has 15 heteroatoms. The molecule has 0 spiro atoms. The van der Waals surface area contributed by atoms with Crippen LogP contribution in [0.2, 0.25) is 5.02 Å². The molecule has 59 heavy (non-hydrogen) atoms. The van der Waals surface area contributed by atoms with Gasteiger partial charge in [-0.2, -0.15) is 13.2 Å². The van der Waals surface area contributed by atoms with Crippen LogP contribution in [0, 0.1) is 5.92 Å². The van der Waals surface area contributed by atoms with Crippen molar-refractivity contribution in [1.29, 1.82) is 0 Å². The van der Waals surface area contributed by atoms with Crippen LogP contribution in [-0.2, 0) is 22.6 Å². The van der Waals surface area contributed by atoms with Gasteiger partial charge in [0.15, 0.2) is 0 Å². The Morgan fingerprint density at radius 1 is 0.932 bits per heavy atom. The highest BCUT2D eigenvalue weighted by Crippen LogP contribution is 2.33. The molecule has 7 rings (SSSR count). The first-order valence-corrected chi connectivity index (χ1v) is 19.8. The van der Waals surface area contributed by atoms with E-state index in [1.54, 1.807) is 53.7 Å². The van der Waals surface area contributed by atoms with Gasteiger partial charge in [-0.3, -0.25) is 24.4 Å². The molecule has 1 saturated heterocycles. The average Bonchev–Trinajstić information content (AvgIpc) is 3.70. The third kappa shape index (κ3) is 11.1. The zero-order valence-corrected chi connectivity index (χ0v) is 32.8. The third-order valence-electron chi connectivity index (χ3n) is 10.7. The van der Waals surface area contributed by atoms with Gasteiger partial charge >= 0.3 is 6.18 Å². The number of nitrogens with one attached hydrogen (secondary N) is 2. The molecular weight excluding hydrogens is 787 g/mol. The van der Waals surface area contributed by atoms with Crippen LogP contribution in [-0.4, -0.2) is 101 Å². The lowest BCUT2D eigenvalue weighted by Crippen LogP contribution is -2.60. The van der Waals surface area contributed by atoms with Crippen LogP contribution < -0.4 is 15.4 Å². The van der Waals surface area contributed by atoms with E-state index in [0.29, 0.717) is 40.9 Å². The molecule has 11 nitrogen and oxygen atoms in total. The molecule has 4 heterocycles. The van der Waals surface area contributed by atoms with E-state index in [1.807, 2.05) is 70.9 Å². The lowest BCUT2D eigenvalue weighted by molar-refractivity contribution is -0.143. The van der Waals surface area contributed by atoms with E-state index in [-0.39, 0.29) is 39.1 Å². The van der Waals surface area contributed by atoms with E-state index in [1.165, 1.54) is 0 Å². The second-order valence-corrected chi connectivity index (χ2v) is 15.4. The summed E-state index contributed by atoms with van der Waals surface area (Å²) in [5.74, 6) is -0.232. The molecule has 2 aliphatic heterocycles. The van der Waals surface area contributed by atoms with Crippen molar-refractivity contribution in [2.75, 3.05) is 39.3 Å². The summed E-state index contributed by atoms with van der Waals surface area (Å²) in [7, 11) is 0. The minimum absolute atomic E-state index is 0.0156. The van der Waals surface area contributed by atoms with E-state index in [0.717, 1.165) is 22.3 Å². The van der Waals surface area contributed by atoms with Crippen molar-refractivity contribution in [3.8, 4) is 28.2 Å². The molecule has 0 bridgehead atoms. The zero-order valence-electron chi connectivity index (χ0n) is 32.0. The maximum atomic E-state index is 14.2. The fourth-order valence-electron chi connectivity index (χ4n) is 7.65. The van der Waals surface area contributed by atoms with Gasteiger partial charge in [0.2, 0.25) is 11.8 Å². The predicted molar refractivity (Wildman–Crippen MR) is 215 cm³/mol. The monoisotopic (exact) mass is 831 g/mol. The van der Waals surface area contributed by atoms with Crippen LogP contribution in [0.25, 0.3) is 22.5 Å². The number of carbonyl (C=O) groups is 2. The molecule has 2 aromatic heterocycles. The normalized spacial score (nSPS) is 19.6. The highest BCUT2D eigenvalue weighted by molar-refractivity contribution is 6.30. The Morgan fingerprint density at radius 2 is 1.69 bits per heavy atom. The van der Waals surface area contributed by atoms with Gasteiger partial charge in [-0.1, -0.05) is 60.1 Å². The number of nitrogens with zero attached hydrogens (tertiary/aromatic N) is 3. The van der Waals surface area contributed by atoms with Gasteiger partial charge in [0.25, 0.3) is 0 Å². The summed E-state index contributed by atoms with van der Waals surface area (Å²) >= 11 is 6.03. The first-order valence-electron chi connectivity index (χ1n) is 19.4. The highest BCUT2D eigenvalue weighted by atomic mass is 35.5.